The van der Waals surface area contributed by atoms with Crippen LogP contribution in [0.4, 0.5) is 0 Å². The van der Waals surface area contributed by atoms with Crippen LogP contribution in [0.5, 0.6) is 0 Å². The summed E-state index contributed by atoms with van der Waals surface area (Å²) in [5, 5.41) is 7.50. The third-order valence-corrected chi connectivity index (χ3v) is 5.21. The molecule has 2 heterocycles. The van der Waals surface area contributed by atoms with Crippen molar-refractivity contribution in [2.24, 2.45) is 7.05 Å². The summed E-state index contributed by atoms with van der Waals surface area (Å²) >= 11 is 1.34. The van der Waals surface area contributed by atoms with Gasteiger partial charge in [-0.25, -0.2) is 0 Å². The highest BCUT2D eigenvalue weighted by Crippen LogP contribution is 2.11. The summed E-state index contributed by atoms with van der Waals surface area (Å²) in [7, 11) is 1.90. The Hall–Kier alpha value is -2.38. The van der Waals surface area contributed by atoms with Crippen LogP contribution in [0.25, 0.3) is 6.08 Å². The molecule has 2 rings (SSSR count). The number of aryl methyl sites for hydroxylation is 1. The van der Waals surface area contributed by atoms with E-state index in [0.29, 0.717) is 11.4 Å². The van der Waals surface area contributed by atoms with Crippen molar-refractivity contribution in [3.8, 4) is 0 Å². The van der Waals surface area contributed by atoms with Crippen molar-refractivity contribution >= 4 is 29.2 Å². The lowest BCUT2D eigenvalue weighted by atomic mass is 10.2. The molecule has 146 valence electrons. The largest absolute Gasteiger partial charge is 0.351 e. The van der Waals surface area contributed by atoms with Gasteiger partial charge < -0.3 is 20.1 Å². The number of hydrogen-bond acceptors (Lipinski definition) is 4. The normalized spacial score (nSPS) is 11.6. The molecule has 2 aromatic rings. The first-order valence-electron chi connectivity index (χ1n) is 9.23. The Morgan fingerprint density at radius 1 is 1.22 bits per heavy atom. The zero-order valence-corrected chi connectivity index (χ0v) is 17.0. The second-order valence-corrected chi connectivity index (χ2v) is 7.12. The first kappa shape index (κ1) is 20.9. The molecule has 7 heteroatoms. The Kier molecular flexibility index (Phi) is 8.29. The fourth-order valence-electron chi connectivity index (χ4n) is 2.66. The molecule has 0 aliphatic rings. The Balaban J connectivity index is 2.03. The molecule has 27 heavy (non-hydrogen) atoms. The van der Waals surface area contributed by atoms with Gasteiger partial charge in [0.15, 0.2) is 0 Å². The van der Waals surface area contributed by atoms with E-state index in [9.17, 15) is 9.59 Å². The van der Waals surface area contributed by atoms with Gasteiger partial charge in [-0.3, -0.25) is 9.59 Å². The van der Waals surface area contributed by atoms with E-state index in [4.69, 9.17) is 0 Å². The van der Waals surface area contributed by atoms with Crippen LogP contribution in [-0.2, 0) is 11.8 Å². The molecule has 0 atom stereocenters. The Labute approximate surface area is 164 Å². The van der Waals surface area contributed by atoms with Crippen LogP contribution in [0.3, 0.4) is 0 Å². The van der Waals surface area contributed by atoms with Crippen molar-refractivity contribution in [1.29, 1.82) is 0 Å². The number of nitrogens with one attached hydrogen (secondary N) is 2. The van der Waals surface area contributed by atoms with E-state index < -0.39 is 0 Å². The van der Waals surface area contributed by atoms with E-state index in [-0.39, 0.29) is 17.5 Å². The van der Waals surface area contributed by atoms with E-state index in [0.717, 1.165) is 31.7 Å². The summed E-state index contributed by atoms with van der Waals surface area (Å²) in [6.07, 6.45) is 4.46. The van der Waals surface area contributed by atoms with E-state index in [2.05, 4.69) is 29.4 Å². The third kappa shape index (κ3) is 6.37. The molecule has 2 amide bonds. The summed E-state index contributed by atoms with van der Waals surface area (Å²) in [5.74, 6) is -0.551. The fourth-order valence-corrected chi connectivity index (χ4v) is 3.28. The van der Waals surface area contributed by atoms with Crippen LogP contribution < -0.4 is 10.6 Å². The lowest BCUT2D eigenvalue weighted by molar-refractivity contribution is -0.117. The minimum Gasteiger partial charge on any atom is -0.351 e. The molecule has 0 aliphatic carbocycles. The van der Waals surface area contributed by atoms with Crippen LogP contribution >= 0.6 is 11.3 Å². The number of thiophene rings is 1. The summed E-state index contributed by atoms with van der Waals surface area (Å²) in [4.78, 5) is 27.9. The molecular formula is C20H28N4O2S. The zero-order chi connectivity index (χ0) is 19.6. The van der Waals surface area contributed by atoms with Crippen LogP contribution in [0.2, 0.25) is 0 Å². The minimum atomic E-state index is -0.277. The summed E-state index contributed by atoms with van der Waals surface area (Å²) in [6, 6.07) is 7.34. The maximum atomic E-state index is 12.7. The minimum absolute atomic E-state index is 0.248. The van der Waals surface area contributed by atoms with Gasteiger partial charge in [-0.15, -0.1) is 11.3 Å². The average molecular weight is 389 g/mol. The first-order valence-corrected chi connectivity index (χ1v) is 10.1. The zero-order valence-electron chi connectivity index (χ0n) is 16.2. The Morgan fingerprint density at radius 2 is 2.00 bits per heavy atom. The fraction of sp³-hybridized carbons (Fsp3) is 0.400. The standard InChI is InChI=1S/C20H28N4O2S/c1-4-24(5-2)13-8-11-21-19(25)17(15-16-9-6-12-23(16)3)22-20(26)18-10-7-14-27-18/h6-7,9-10,12,14-15H,4-5,8,11,13H2,1-3H3,(H,21,25)(H,22,26)/b17-15-. The van der Waals surface area contributed by atoms with E-state index in [1.165, 1.54) is 11.3 Å². The van der Waals surface area contributed by atoms with Gasteiger partial charge in [0.05, 0.1) is 4.88 Å². The van der Waals surface area contributed by atoms with Crippen LogP contribution in [-0.4, -0.2) is 47.5 Å². The summed E-state index contributed by atoms with van der Waals surface area (Å²) in [5.41, 5.74) is 1.09. The number of carbonyl (C=O) groups is 2. The van der Waals surface area contributed by atoms with Gasteiger partial charge in [0.2, 0.25) is 0 Å². The summed E-state index contributed by atoms with van der Waals surface area (Å²) < 4.78 is 1.89. The molecular weight excluding hydrogens is 360 g/mol. The second kappa shape index (κ2) is 10.7. The van der Waals surface area contributed by atoms with Crippen LogP contribution in [0.15, 0.2) is 41.5 Å². The van der Waals surface area contributed by atoms with Gasteiger partial charge in [-0.05, 0) is 55.7 Å². The number of aromatic nitrogens is 1. The van der Waals surface area contributed by atoms with Gasteiger partial charge in [0.25, 0.3) is 11.8 Å². The highest BCUT2D eigenvalue weighted by molar-refractivity contribution is 7.12. The highest BCUT2D eigenvalue weighted by Gasteiger charge is 2.15. The second-order valence-electron chi connectivity index (χ2n) is 6.17. The maximum absolute atomic E-state index is 12.7. The number of hydrogen-bond donors (Lipinski definition) is 2. The van der Waals surface area contributed by atoms with Crippen LogP contribution in [0, 0.1) is 0 Å². The van der Waals surface area contributed by atoms with Gasteiger partial charge >= 0.3 is 0 Å². The molecule has 0 spiro atoms. The molecule has 2 aromatic heterocycles. The number of nitrogens with zero attached hydrogens (tertiary/aromatic N) is 2. The quantitative estimate of drug-likeness (QED) is 0.486. The SMILES string of the molecule is CCN(CC)CCCNC(=O)/C(=C/c1cccn1C)NC(=O)c1cccs1. The molecule has 0 saturated heterocycles. The Morgan fingerprint density at radius 3 is 2.59 bits per heavy atom. The molecule has 0 saturated carbocycles. The smallest absolute Gasteiger partial charge is 0.267 e. The third-order valence-electron chi connectivity index (χ3n) is 4.35. The number of rotatable bonds is 10. The predicted molar refractivity (Wildman–Crippen MR) is 111 cm³/mol. The molecule has 0 aliphatic heterocycles. The molecule has 0 bridgehead atoms. The van der Waals surface area contributed by atoms with Gasteiger partial charge in [0.1, 0.15) is 5.70 Å². The van der Waals surface area contributed by atoms with Crippen LogP contribution in [0.1, 0.15) is 35.6 Å². The lowest BCUT2D eigenvalue weighted by Gasteiger charge is -2.18. The topological polar surface area (TPSA) is 66.4 Å². The van der Waals surface area contributed by atoms with Crippen molar-refractivity contribution in [1.82, 2.24) is 20.1 Å². The van der Waals surface area contributed by atoms with Gasteiger partial charge in [-0.2, -0.15) is 0 Å². The molecule has 0 fully saturated rings. The predicted octanol–water partition coefficient (Wildman–Crippen LogP) is 2.71. The van der Waals surface area contributed by atoms with Crippen molar-refractivity contribution in [3.63, 3.8) is 0 Å². The molecule has 0 aromatic carbocycles. The molecule has 6 nitrogen and oxygen atoms in total. The van der Waals surface area contributed by atoms with Gasteiger partial charge in [0, 0.05) is 25.5 Å². The molecule has 0 radical (unpaired) electrons. The summed E-state index contributed by atoms with van der Waals surface area (Å²) in [6.45, 7) is 7.76. The van der Waals surface area contributed by atoms with Gasteiger partial charge in [-0.1, -0.05) is 19.9 Å². The first-order chi connectivity index (χ1) is 13.0. The van der Waals surface area contributed by atoms with E-state index >= 15 is 0 Å². The monoisotopic (exact) mass is 388 g/mol. The van der Waals surface area contributed by atoms with E-state index in [1.807, 2.05) is 41.4 Å². The number of amides is 2. The average Bonchev–Trinajstić information content (AvgIpc) is 3.33. The van der Waals surface area contributed by atoms with E-state index in [1.54, 1.807) is 12.1 Å². The lowest BCUT2D eigenvalue weighted by Crippen LogP contribution is -2.36. The van der Waals surface area contributed by atoms with Crippen molar-refractivity contribution in [3.05, 3.63) is 52.1 Å². The van der Waals surface area contributed by atoms with Crippen molar-refractivity contribution in [2.75, 3.05) is 26.2 Å². The Bertz CT molecular complexity index is 761. The van der Waals surface area contributed by atoms with Crippen molar-refractivity contribution < 1.29 is 9.59 Å². The number of carbonyl (C=O) groups excluding carboxylic acids is 2. The maximum Gasteiger partial charge on any atom is 0.267 e. The highest BCUT2D eigenvalue weighted by atomic mass is 32.1. The molecule has 0 unspecified atom stereocenters. The molecule has 2 N–H and O–H groups in total. The van der Waals surface area contributed by atoms with Crippen molar-refractivity contribution in [2.45, 2.75) is 20.3 Å².